The fourth-order valence-electron chi connectivity index (χ4n) is 4.84. The molecule has 1 atom stereocenters. The number of hydrogen-bond acceptors (Lipinski definition) is 11. The number of carbonyl (C=O) groups excluding carboxylic acids is 2. The Kier molecular flexibility index (Phi) is 8.21. The van der Waals surface area contributed by atoms with Crippen LogP contribution in [0.1, 0.15) is 35.4 Å². The van der Waals surface area contributed by atoms with Gasteiger partial charge in [0, 0.05) is 30.1 Å². The fraction of sp³-hybridized carbons (Fsp3) is 0.267. The first kappa shape index (κ1) is 27.8. The van der Waals surface area contributed by atoms with E-state index in [9.17, 15) is 14.9 Å². The van der Waals surface area contributed by atoms with Crippen LogP contribution in [0.25, 0.3) is 10.9 Å². The number of furan rings is 1. The molecule has 4 N–H and O–H groups in total. The lowest BCUT2D eigenvalue weighted by atomic mass is 10.0. The second kappa shape index (κ2) is 12.7. The summed E-state index contributed by atoms with van der Waals surface area (Å²) in [6, 6.07) is 8.79. The molecule has 0 radical (unpaired) electrons. The number of hydrogen-bond donors (Lipinski definition) is 4. The van der Waals surface area contributed by atoms with E-state index in [4.69, 9.17) is 13.9 Å². The zero-order valence-corrected chi connectivity index (χ0v) is 23.1. The minimum Gasteiger partial charge on any atom is -0.486 e. The van der Waals surface area contributed by atoms with Gasteiger partial charge in [-0.3, -0.25) is 19.9 Å². The molecule has 2 saturated heterocycles. The monoisotopic (exact) mass is 580 g/mol. The molecule has 0 aliphatic carbocycles. The van der Waals surface area contributed by atoms with Gasteiger partial charge >= 0.3 is 0 Å². The number of anilines is 4. The van der Waals surface area contributed by atoms with Crippen molar-refractivity contribution in [3.8, 4) is 11.8 Å². The highest BCUT2D eigenvalue weighted by Crippen LogP contribution is 2.37. The zero-order valence-electron chi connectivity index (χ0n) is 23.1. The first-order chi connectivity index (χ1) is 21.1. The van der Waals surface area contributed by atoms with Crippen LogP contribution in [-0.2, 0) is 9.53 Å². The van der Waals surface area contributed by atoms with Gasteiger partial charge in [0.15, 0.2) is 5.76 Å². The van der Waals surface area contributed by atoms with E-state index >= 15 is 0 Å². The van der Waals surface area contributed by atoms with Crippen LogP contribution in [-0.4, -0.2) is 59.2 Å². The summed E-state index contributed by atoms with van der Waals surface area (Å²) >= 11 is 0. The van der Waals surface area contributed by atoms with Gasteiger partial charge in [0.2, 0.25) is 11.9 Å². The number of nitriles is 1. The van der Waals surface area contributed by atoms with Gasteiger partial charge in [-0.1, -0.05) is 5.57 Å². The van der Waals surface area contributed by atoms with E-state index in [0.29, 0.717) is 46.9 Å². The van der Waals surface area contributed by atoms with Crippen molar-refractivity contribution in [2.24, 2.45) is 0 Å². The normalized spacial score (nSPS) is 16.3. The summed E-state index contributed by atoms with van der Waals surface area (Å²) in [4.78, 5) is 38.2. The summed E-state index contributed by atoms with van der Waals surface area (Å²) in [7, 11) is 0. The van der Waals surface area contributed by atoms with E-state index < -0.39 is 5.91 Å². The molecule has 43 heavy (non-hydrogen) atoms. The maximum Gasteiger partial charge on any atom is 0.293 e. The third kappa shape index (κ3) is 6.61. The SMILES string of the molecule is N#Cc1cnc2cc(OC3CCOC3)c(NC(=O)C=C3CCNCC3)cc2c1Nc1cnc(NC(=O)c2ccco2)nc1. The number of nitrogens with one attached hydrogen (secondary N) is 4. The van der Waals surface area contributed by atoms with Crippen molar-refractivity contribution in [3.05, 3.63) is 72.1 Å². The van der Waals surface area contributed by atoms with Crippen LogP contribution in [0.4, 0.5) is 23.0 Å². The lowest BCUT2D eigenvalue weighted by Crippen LogP contribution is -2.24. The number of amides is 2. The van der Waals surface area contributed by atoms with Gasteiger partial charge in [0.1, 0.15) is 17.9 Å². The van der Waals surface area contributed by atoms with Gasteiger partial charge in [-0.25, -0.2) is 9.97 Å². The molecule has 0 spiro atoms. The molecule has 2 aliphatic rings. The fourth-order valence-corrected chi connectivity index (χ4v) is 4.84. The molecule has 1 aromatic carbocycles. The van der Waals surface area contributed by atoms with E-state index in [1.54, 1.807) is 24.3 Å². The Labute approximate surface area is 246 Å². The Balaban J connectivity index is 1.31. The van der Waals surface area contributed by atoms with Gasteiger partial charge in [0.05, 0.1) is 60.0 Å². The Morgan fingerprint density at radius 3 is 2.67 bits per heavy atom. The number of rotatable bonds is 8. The molecule has 4 aromatic rings. The lowest BCUT2D eigenvalue weighted by Gasteiger charge is -2.19. The number of pyridine rings is 1. The topological polar surface area (TPSA) is 176 Å². The van der Waals surface area contributed by atoms with Crippen LogP contribution >= 0.6 is 0 Å². The van der Waals surface area contributed by atoms with Crippen LogP contribution in [0.5, 0.6) is 5.75 Å². The number of fused-ring (bicyclic) bond motifs is 1. The molecule has 2 amide bonds. The summed E-state index contributed by atoms with van der Waals surface area (Å²) in [5, 5.41) is 22.5. The molecule has 2 aliphatic heterocycles. The molecule has 0 saturated carbocycles. The highest BCUT2D eigenvalue weighted by molar-refractivity contribution is 6.05. The van der Waals surface area contributed by atoms with Crippen molar-refractivity contribution in [2.75, 3.05) is 42.3 Å². The summed E-state index contributed by atoms with van der Waals surface area (Å²) < 4.78 is 16.8. The number of piperidine rings is 1. The summed E-state index contributed by atoms with van der Waals surface area (Å²) in [5.41, 5.74) is 3.25. The van der Waals surface area contributed by atoms with Crippen LogP contribution in [0.3, 0.4) is 0 Å². The third-order valence-corrected chi connectivity index (χ3v) is 7.00. The second-order valence-electron chi connectivity index (χ2n) is 10.0. The van der Waals surface area contributed by atoms with Gasteiger partial charge in [-0.05, 0) is 44.1 Å². The summed E-state index contributed by atoms with van der Waals surface area (Å²) in [6.45, 7) is 2.73. The van der Waals surface area contributed by atoms with Crippen LogP contribution in [0, 0.1) is 11.3 Å². The van der Waals surface area contributed by atoms with Crippen LogP contribution in [0.2, 0.25) is 0 Å². The molecule has 0 bridgehead atoms. The predicted molar refractivity (Wildman–Crippen MR) is 157 cm³/mol. The smallest absolute Gasteiger partial charge is 0.293 e. The molecule has 3 aromatic heterocycles. The zero-order chi connectivity index (χ0) is 29.6. The molecular formula is C30H28N8O5. The Morgan fingerprint density at radius 2 is 1.95 bits per heavy atom. The molecular weight excluding hydrogens is 552 g/mol. The van der Waals surface area contributed by atoms with Crippen molar-refractivity contribution in [2.45, 2.75) is 25.4 Å². The largest absolute Gasteiger partial charge is 0.486 e. The first-order valence-electron chi connectivity index (χ1n) is 13.8. The van der Waals surface area contributed by atoms with E-state index in [-0.39, 0.29) is 29.3 Å². The van der Waals surface area contributed by atoms with Gasteiger partial charge in [0.25, 0.3) is 5.91 Å². The van der Waals surface area contributed by atoms with Crippen LogP contribution < -0.4 is 26.0 Å². The molecule has 5 heterocycles. The minimum absolute atomic E-state index is 0.0811. The lowest BCUT2D eigenvalue weighted by molar-refractivity contribution is -0.112. The van der Waals surface area contributed by atoms with E-state index in [1.165, 1.54) is 30.9 Å². The summed E-state index contributed by atoms with van der Waals surface area (Å²) in [6.07, 6.45) is 9.65. The minimum atomic E-state index is -0.481. The van der Waals surface area contributed by atoms with E-state index in [2.05, 4.69) is 42.3 Å². The van der Waals surface area contributed by atoms with Gasteiger partial charge < -0.3 is 29.8 Å². The molecule has 6 rings (SSSR count). The Bertz CT molecular complexity index is 1700. The Hall–Kier alpha value is -5.32. The number of ether oxygens (including phenoxy) is 2. The van der Waals surface area contributed by atoms with Crippen LogP contribution in [0.15, 0.2) is 65.2 Å². The van der Waals surface area contributed by atoms with Crippen molar-refractivity contribution in [1.82, 2.24) is 20.3 Å². The number of carbonyl (C=O) groups is 2. The molecule has 13 heteroatoms. The standard InChI is InChI=1S/C30H28N8O5/c31-13-19-14-33-23-12-26(43-21-5-9-41-17-21)24(37-27(39)10-18-3-6-32-7-4-18)11-22(23)28(19)36-20-15-34-30(35-16-20)38-29(40)25-2-1-8-42-25/h1-2,8,10-12,14-16,21,32H,3-7,9,17H2,(H,33,36)(H,37,39)(H,34,35,38,40). The predicted octanol–water partition coefficient (Wildman–Crippen LogP) is 3.90. The Morgan fingerprint density at radius 1 is 1.12 bits per heavy atom. The third-order valence-electron chi connectivity index (χ3n) is 7.00. The maximum absolute atomic E-state index is 13.1. The highest BCUT2D eigenvalue weighted by Gasteiger charge is 2.22. The second-order valence-corrected chi connectivity index (χ2v) is 10.0. The number of nitrogens with zero attached hydrogens (tertiary/aromatic N) is 4. The number of aromatic nitrogens is 3. The molecule has 13 nitrogen and oxygen atoms in total. The van der Waals surface area contributed by atoms with E-state index in [0.717, 1.165) is 37.9 Å². The average molecular weight is 581 g/mol. The van der Waals surface area contributed by atoms with E-state index in [1.807, 2.05) is 0 Å². The average Bonchev–Trinajstić information content (AvgIpc) is 3.75. The first-order valence-corrected chi connectivity index (χ1v) is 13.8. The molecule has 1 unspecified atom stereocenters. The quantitative estimate of drug-likeness (QED) is 0.222. The highest BCUT2D eigenvalue weighted by atomic mass is 16.5. The number of benzene rings is 1. The van der Waals surface area contributed by atoms with Crippen molar-refractivity contribution < 1.29 is 23.5 Å². The van der Waals surface area contributed by atoms with Gasteiger partial charge in [-0.15, -0.1) is 0 Å². The van der Waals surface area contributed by atoms with Crippen molar-refractivity contribution in [1.29, 1.82) is 5.26 Å². The van der Waals surface area contributed by atoms with Crippen molar-refractivity contribution in [3.63, 3.8) is 0 Å². The van der Waals surface area contributed by atoms with Crippen molar-refractivity contribution >= 4 is 45.7 Å². The molecule has 218 valence electrons. The van der Waals surface area contributed by atoms with Gasteiger partial charge in [-0.2, -0.15) is 5.26 Å². The maximum atomic E-state index is 13.1. The molecule has 2 fully saturated rings. The summed E-state index contributed by atoms with van der Waals surface area (Å²) in [5.74, 6) is -0.0689.